The molecule has 0 amide bonds. The van der Waals surface area contributed by atoms with Gasteiger partial charge < -0.3 is 25.3 Å². The Balaban J connectivity index is 1.51. The van der Waals surface area contributed by atoms with Gasteiger partial charge in [0.05, 0.1) is 45.8 Å². The summed E-state index contributed by atoms with van der Waals surface area (Å²) in [6.07, 6.45) is 1.77. The van der Waals surface area contributed by atoms with Gasteiger partial charge in [0.15, 0.2) is 0 Å². The normalized spacial score (nSPS) is 12.0. The first-order chi connectivity index (χ1) is 17.5. The molecule has 0 aliphatic heterocycles. The van der Waals surface area contributed by atoms with Crippen molar-refractivity contribution in [1.82, 2.24) is 10.2 Å². The molecular formula is C27H34Cl2N4O3. The number of benzene rings is 2. The molecule has 36 heavy (non-hydrogen) atoms. The standard InChI is InChI=1S/C27H34Cl2N4O3/c1-19(25-16-24(28)17-26(29)20(25)2)21-4-3-5-22(14-21)23-15-27(33-32-18-23)31-7-9-35-11-13-36-12-10-34-8-6-30/h3-5,14-19H,6-13,30H2,1-2H3,(H,31,33)/t19-/m0/s1. The lowest BCUT2D eigenvalue weighted by Crippen LogP contribution is -2.15. The quantitative estimate of drug-likeness (QED) is 0.255. The number of aromatic nitrogens is 2. The van der Waals surface area contributed by atoms with Gasteiger partial charge >= 0.3 is 0 Å². The summed E-state index contributed by atoms with van der Waals surface area (Å²) in [5, 5.41) is 12.9. The Bertz CT molecular complexity index is 1100. The molecule has 0 fully saturated rings. The largest absolute Gasteiger partial charge is 0.378 e. The molecule has 0 aliphatic carbocycles. The molecule has 0 spiro atoms. The molecule has 0 aliphatic rings. The molecule has 0 saturated carbocycles. The zero-order chi connectivity index (χ0) is 25.8. The summed E-state index contributed by atoms with van der Waals surface area (Å²) >= 11 is 12.6. The van der Waals surface area contributed by atoms with E-state index in [0.29, 0.717) is 68.6 Å². The molecular weight excluding hydrogens is 499 g/mol. The van der Waals surface area contributed by atoms with Crippen molar-refractivity contribution < 1.29 is 14.2 Å². The molecule has 1 heterocycles. The number of hydrogen-bond donors (Lipinski definition) is 2. The maximum atomic E-state index is 6.37. The highest BCUT2D eigenvalue weighted by atomic mass is 35.5. The first-order valence-electron chi connectivity index (χ1n) is 12.1. The Morgan fingerprint density at radius 1 is 0.917 bits per heavy atom. The van der Waals surface area contributed by atoms with Crippen molar-refractivity contribution in [3.63, 3.8) is 0 Å². The van der Waals surface area contributed by atoms with Crippen LogP contribution in [0.2, 0.25) is 10.0 Å². The molecule has 9 heteroatoms. The van der Waals surface area contributed by atoms with E-state index in [1.54, 1.807) is 12.3 Å². The summed E-state index contributed by atoms with van der Waals surface area (Å²) in [6, 6.07) is 14.2. The molecule has 0 unspecified atom stereocenters. The van der Waals surface area contributed by atoms with Crippen LogP contribution in [-0.2, 0) is 14.2 Å². The molecule has 0 saturated heterocycles. The minimum absolute atomic E-state index is 0.133. The SMILES string of the molecule is Cc1c(Cl)cc(Cl)cc1[C@@H](C)c1cccc(-c2cnnc(NCCOCCOCCOCCN)c2)c1. The van der Waals surface area contributed by atoms with Crippen molar-refractivity contribution >= 4 is 29.0 Å². The van der Waals surface area contributed by atoms with E-state index in [9.17, 15) is 0 Å². The van der Waals surface area contributed by atoms with Gasteiger partial charge in [-0.15, -0.1) is 5.10 Å². The number of hydrogen-bond acceptors (Lipinski definition) is 7. The first kappa shape index (κ1) is 28.3. The van der Waals surface area contributed by atoms with Gasteiger partial charge in [-0.3, -0.25) is 0 Å². The van der Waals surface area contributed by atoms with Gasteiger partial charge in [-0.1, -0.05) is 54.4 Å². The maximum absolute atomic E-state index is 6.37. The fraction of sp³-hybridized carbons (Fsp3) is 0.407. The van der Waals surface area contributed by atoms with E-state index in [0.717, 1.165) is 22.3 Å². The molecule has 3 aromatic rings. The van der Waals surface area contributed by atoms with Crippen molar-refractivity contribution in [1.29, 1.82) is 0 Å². The Kier molecular flexibility index (Phi) is 11.9. The number of anilines is 1. The van der Waals surface area contributed by atoms with Crippen molar-refractivity contribution in [3.8, 4) is 11.1 Å². The van der Waals surface area contributed by atoms with Gasteiger partial charge in [0, 0.05) is 34.6 Å². The van der Waals surface area contributed by atoms with Gasteiger partial charge in [-0.25, -0.2) is 0 Å². The summed E-state index contributed by atoms with van der Waals surface area (Å²) in [4.78, 5) is 0. The summed E-state index contributed by atoms with van der Waals surface area (Å²) in [5.41, 5.74) is 10.7. The summed E-state index contributed by atoms with van der Waals surface area (Å²) < 4.78 is 16.3. The van der Waals surface area contributed by atoms with Crippen molar-refractivity contribution in [2.24, 2.45) is 5.73 Å². The molecule has 7 nitrogen and oxygen atoms in total. The molecule has 0 bridgehead atoms. The monoisotopic (exact) mass is 532 g/mol. The number of nitrogens with one attached hydrogen (secondary N) is 1. The molecule has 3 rings (SSSR count). The Morgan fingerprint density at radius 3 is 2.39 bits per heavy atom. The van der Waals surface area contributed by atoms with Crippen LogP contribution in [0.4, 0.5) is 5.82 Å². The van der Waals surface area contributed by atoms with Gasteiger partial charge in [0.2, 0.25) is 0 Å². The van der Waals surface area contributed by atoms with Crippen LogP contribution < -0.4 is 11.1 Å². The number of rotatable bonds is 15. The summed E-state index contributed by atoms with van der Waals surface area (Å²) in [6.45, 7) is 8.54. The van der Waals surface area contributed by atoms with E-state index in [-0.39, 0.29) is 5.92 Å². The zero-order valence-electron chi connectivity index (χ0n) is 20.8. The van der Waals surface area contributed by atoms with Crippen molar-refractivity contribution in [3.05, 3.63) is 75.4 Å². The molecule has 1 aromatic heterocycles. The number of ether oxygens (including phenoxy) is 3. The topological polar surface area (TPSA) is 91.5 Å². The predicted molar refractivity (Wildman–Crippen MR) is 146 cm³/mol. The summed E-state index contributed by atoms with van der Waals surface area (Å²) in [5.74, 6) is 0.827. The van der Waals surface area contributed by atoms with E-state index < -0.39 is 0 Å². The van der Waals surface area contributed by atoms with Crippen LogP contribution in [0.1, 0.15) is 29.5 Å². The van der Waals surface area contributed by atoms with Crippen LogP contribution in [0.5, 0.6) is 0 Å². The van der Waals surface area contributed by atoms with Crippen LogP contribution in [-0.4, -0.2) is 62.9 Å². The third kappa shape index (κ3) is 8.69. The van der Waals surface area contributed by atoms with E-state index in [4.69, 9.17) is 43.1 Å². The highest BCUT2D eigenvalue weighted by Gasteiger charge is 2.15. The van der Waals surface area contributed by atoms with Crippen LogP contribution in [0.15, 0.2) is 48.7 Å². The molecule has 194 valence electrons. The van der Waals surface area contributed by atoms with Crippen LogP contribution in [0.3, 0.4) is 0 Å². The highest BCUT2D eigenvalue weighted by molar-refractivity contribution is 6.35. The lowest BCUT2D eigenvalue weighted by atomic mass is 9.88. The third-order valence-corrected chi connectivity index (χ3v) is 6.36. The van der Waals surface area contributed by atoms with E-state index >= 15 is 0 Å². The lowest BCUT2D eigenvalue weighted by Gasteiger charge is -2.18. The zero-order valence-corrected chi connectivity index (χ0v) is 22.3. The van der Waals surface area contributed by atoms with Gasteiger partial charge in [-0.2, -0.15) is 5.10 Å². The second kappa shape index (κ2) is 15.1. The number of nitrogens with zero attached hydrogens (tertiary/aromatic N) is 2. The second-order valence-corrected chi connectivity index (χ2v) is 9.17. The molecule has 3 N–H and O–H groups in total. The fourth-order valence-electron chi connectivity index (χ4n) is 3.77. The number of halogens is 2. The van der Waals surface area contributed by atoms with Crippen LogP contribution in [0.25, 0.3) is 11.1 Å². The minimum Gasteiger partial charge on any atom is -0.378 e. The minimum atomic E-state index is 0.133. The van der Waals surface area contributed by atoms with E-state index in [2.05, 4.69) is 46.7 Å². The van der Waals surface area contributed by atoms with Gasteiger partial charge in [-0.05, 0) is 47.4 Å². The first-order valence-corrected chi connectivity index (χ1v) is 12.8. The smallest absolute Gasteiger partial charge is 0.149 e. The third-order valence-electron chi connectivity index (χ3n) is 5.75. The lowest BCUT2D eigenvalue weighted by molar-refractivity contribution is 0.0179. The van der Waals surface area contributed by atoms with Crippen molar-refractivity contribution in [2.75, 3.05) is 58.0 Å². The Morgan fingerprint density at radius 2 is 1.64 bits per heavy atom. The summed E-state index contributed by atoms with van der Waals surface area (Å²) in [7, 11) is 0. The average molecular weight is 534 g/mol. The van der Waals surface area contributed by atoms with E-state index in [1.807, 2.05) is 19.1 Å². The van der Waals surface area contributed by atoms with Crippen LogP contribution >= 0.6 is 23.2 Å². The van der Waals surface area contributed by atoms with Crippen LogP contribution in [0, 0.1) is 6.92 Å². The van der Waals surface area contributed by atoms with Gasteiger partial charge in [0.25, 0.3) is 0 Å². The molecule has 2 aromatic carbocycles. The Labute approximate surface area is 223 Å². The predicted octanol–water partition coefficient (Wildman–Crippen LogP) is 5.33. The molecule has 0 radical (unpaired) electrons. The Hall–Kier alpha value is -2.26. The second-order valence-electron chi connectivity index (χ2n) is 8.33. The van der Waals surface area contributed by atoms with Crippen molar-refractivity contribution in [2.45, 2.75) is 19.8 Å². The highest BCUT2D eigenvalue weighted by Crippen LogP contribution is 2.34. The van der Waals surface area contributed by atoms with E-state index in [1.165, 1.54) is 5.56 Å². The average Bonchev–Trinajstić information content (AvgIpc) is 2.89. The fourth-order valence-corrected chi connectivity index (χ4v) is 4.28. The van der Waals surface area contributed by atoms with Gasteiger partial charge in [0.1, 0.15) is 5.82 Å². The maximum Gasteiger partial charge on any atom is 0.149 e. The number of nitrogens with two attached hydrogens (primary N) is 1. The molecule has 1 atom stereocenters.